The standard InChI is InChI=1S/C29H33N3O3/c1-30-24-6-4-3-5-21(24)19-25(30)26(33)31-16-13-28(14-17-31)15-18-32(20-28)27(34)29(11-12-29)22-7-9-23(35-2)10-8-22/h3-10,19H,11-18,20H2,1-2H3. The summed E-state index contributed by atoms with van der Waals surface area (Å²) in [7, 11) is 3.63. The second-order valence-corrected chi connectivity index (χ2v) is 10.7. The second-order valence-electron chi connectivity index (χ2n) is 10.7. The second kappa shape index (κ2) is 8.14. The number of fused-ring (bicyclic) bond motifs is 1. The van der Waals surface area contributed by atoms with E-state index in [9.17, 15) is 9.59 Å². The number of aromatic nitrogens is 1. The highest BCUT2D eigenvalue weighted by atomic mass is 16.5. The van der Waals surface area contributed by atoms with Gasteiger partial charge in [-0.3, -0.25) is 9.59 Å². The van der Waals surface area contributed by atoms with Crippen molar-refractivity contribution in [2.75, 3.05) is 33.3 Å². The van der Waals surface area contributed by atoms with Gasteiger partial charge in [0.2, 0.25) is 5.91 Å². The van der Waals surface area contributed by atoms with Crippen LogP contribution in [0.4, 0.5) is 0 Å². The molecule has 6 nitrogen and oxygen atoms in total. The zero-order chi connectivity index (χ0) is 24.2. The molecule has 1 aromatic heterocycles. The van der Waals surface area contributed by atoms with Gasteiger partial charge in [0.05, 0.1) is 12.5 Å². The molecular formula is C29H33N3O3. The Balaban J connectivity index is 1.11. The SMILES string of the molecule is COc1ccc(C2(C(=O)N3CCC4(CCN(C(=O)c5cc6ccccc6n5C)CC4)C3)CC2)cc1. The van der Waals surface area contributed by atoms with Crippen LogP contribution in [0.5, 0.6) is 5.75 Å². The fraction of sp³-hybridized carbons (Fsp3) is 0.448. The molecular weight excluding hydrogens is 438 g/mol. The number of piperidine rings is 1. The minimum atomic E-state index is -0.344. The Morgan fingerprint density at radius 2 is 1.51 bits per heavy atom. The number of carbonyl (C=O) groups excluding carboxylic acids is 2. The van der Waals surface area contributed by atoms with E-state index in [1.54, 1.807) is 7.11 Å². The smallest absolute Gasteiger partial charge is 0.270 e. The fourth-order valence-corrected chi connectivity index (χ4v) is 6.32. The van der Waals surface area contributed by atoms with Crippen LogP contribution in [0.2, 0.25) is 0 Å². The lowest BCUT2D eigenvalue weighted by atomic mass is 9.77. The van der Waals surface area contributed by atoms with Crippen molar-refractivity contribution >= 4 is 22.7 Å². The van der Waals surface area contributed by atoms with E-state index in [0.29, 0.717) is 0 Å². The Morgan fingerprint density at radius 3 is 2.14 bits per heavy atom. The molecule has 0 atom stereocenters. The van der Waals surface area contributed by atoms with Crippen molar-refractivity contribution in [3.8, 4) is 5.75 Å². The first-order chi connectivity index (χ1) is 16.9. The van der Waals surface area contributed by atoms with Gasteiger partial charge in [-0.25, -0.2) is 0 Å². The molecule has 3 aliphatic rings. The third-order valence-corrected chi connectivity index (χ3v) is 8.81. The zero-order valence-electron chi connectivity index (χ0n) is 20.6. The van der Waals surface area contributed by atoms with Crippen LogP contribution in [-0.4, -0.2) is 59.5 Å². The van der Waals surface area contributed by atoms with E-state index in [1.165, 1.54) is 0 Å². The molecule has 1 aliphatic carbocycles. The van der Waals surface area contributed by atoms with E-state index in [1.807, 2.05) is 59.0 Å². The number of methoxy groups -OCH3 is 1. The molecule has 2 aromatic carbocycles. The molecule has 1 spiro atoms. The van der Waals surface area contributed by atoms with E-state index in [4.69, 9.17) is 4.74 Å². The van der Waals surface area contributed by atoms with Gasteiger partial charge in [-0.15, -0.1) is 0 Å². The van der Waals surface area contributed by atoms with Gasteiger partial charge >= 0.3 is 0 Å². The highest BCUT2D eigenvalue weighted by molar-refractivity contribution is 5.98. The van der Waals surface area contributed by atoms with E-state index in [2.05, 4.69) is 17.0 Å². The molecule has 35 heavy (non-hydrogen) atoms. The number of aryl methyl sites for hydroxylation is 1. The van der Waals surface area contributed by atoms with Gasteiger partial charge < -0.3 is 19.1 Å². The molecule has 0 radical (unpaired) electrons. The van der Waals surface area contributed by atoms with Gasteiger partial charge in [-0.2, -0.15) is 0 Å². The van der Waals surface area contributed by atoms with Crippen molar-refractivity contribution in [3.63, 3.8) is 0 Å². The molecule has 2 amide bonds. The molecule has 6 rings (SSSR count). The third kappa shape index (κ3) is 3.62. The average molecular weight is 472 g/mol. The average Bonchev–Trinajstić information content (AvgIpc) is 3.51. The van der Waals surface area contributed by atoms with Crippen molar-refractivity contribution in [2.24, 2.45) is 12.5 Å². The molecule has 2 saturated heterocycles. The summed E-state index contributed by atoms with van der Waals surface area (Å²) in [6.07, 6.45) is 4.81. The van der Waals surface area contributed by atoms with Crippen molar-refractivity contribution in [2.45, 2.75) is 37.5 Å². The number of hydrogen-bond donors (Lipinski definition) is 0. The summed E-state index contributed by atoms with van der Waals surface area (Å²) in [4.78, 5) is 31.1. The number of carbonyl (C=O) groups is 2. The van der Waals surface area contributed by atoms with Crippen LogP contribution in [0.15, 0.2) is 54.6 Å². The summed E-state index contributed by atoms with van der Waals surface area (Å²) in [6, 6.07) is 18.1. The Kier molecular flexibility index (Phi) is 5.17. The lowest BCUT2D eigenvalue weighted by Gasteiger charge is -2.39. The Bertz CT molecular complexity index is 1280. The molecule has 3 fully saturated rings. The summed E-state index contributed by atoms with van der Waals surface area (Å²) in [5.41, 5.74) is 2.74. The summed E-state index contributed by atoms with van der Waals surface area (Å²) in [5.74, 6) is 1.22. The van der Waals surface area contributed by atoms with Crippen LogP contribution in [0, 0.1) is 5.41 Å². The highest BCUT2D eigenvalue weighted by Crippen LogP contribution is 2.52. The van der Waals surface area contributed by atoms with Crippen LogP contribution in [0.1, 0.15) is 48.2 Å². The molecule has 6 heteroatoms. The molecule has 2 aliphatic heterocycles. The number of nitrogens with zero attached hydrogens (tertiary/aromatic N) is 3. The number of rotatable bonds is 4. The highest BCUT2D eigenvalue weighted by Gasteiger charge is 2.55. The number of ether oxygens (including phenoxy) is 1. The van der Waals surface area contributed by atoms with E-state index >= 15 is 0 Å². The van der Waals surface area contributed by atoms with Crippen LogP contribution in [0.3, 0.4) is 0 Å². The van der Waals surface area contributed by atoms with Gasteiger partial charge in [0.1, 0.15) is 11.4 Å². The molecule has 0 bridgehead atoms. The van der Waals surface area contributed by atoms with Gasteiger partial charge in [0.25, 0.3) is 5.91 Å². The zero-order valence-corrected chi connectivity index (χ0v) is 20.6. The Hall–Kier alpha value is -3.28. The van der Waals surface area contributed by atoms with Crippen LogP contribution in [-0.2, 0) is 17.3 Å². The first-order valence-electron chi connectivity index (χ1n) is 12.7. The van der Waals surface area contributed by atoms with Crippen molar-refractivity contribution in [1.82, 2.24) is 14.4 Å². The Labute approximate surface area is 206 Å². The topological polar surface area (TPSA) is 54.8 Å². The van der Waals surface area contributed by atoms with Crippen LogP contribution < -0.4 is 4.74 Å². The summed E-state index contributed by atoms with van der Waals surface area (Å²) in [5, 5.41) is 1.10. The van der Waals surface area contributed by atoms with Gasteiger partial charge in [0.15, 0.2) is 0 Å². The predicted molar refractivity (Wildman–Crippen MR) is 136 cm³/mol. The van der Waals surface area contributed by atoms with E-state index in [0.717, 1.165) is 86.2 Å². The number of para-hydroxylation sites is 1. The number of hydrogen-bond acceptors (Lipinski definition) is 3. The summed E-state index contributed by atoms with van der Waals surface area (Å²) in [6.45, 7) is 3.16. The number of likely N-dealkylation sites (tertiary alicyclic amines) is 2. The fourth-order valence-electron chi connectivity index (χ4n) is 6.32. The van der Waals surface area contributed by atoms with Crippen molar-refractivity contribution in [1.29, 1.82) is 0 Å². The first kappa shape index (κ1) is 22.2. The van der Waals surface area contributed by atoms with E-state index in [-0.39, 0.29) is 22.6 Å². The number of benzene rings is 2. The summed E-state index contributed by atoms with van der Waals surface area (Å²) >= 11 is 0. The first-order valence-corrected chi connectivity index (χ1v) is 12.7. The van der Waals surface area contributed by atoms with Crippen molar-refractivity contribution < 1.29 is 14.3 Å². The molecule has 0 N–H and O–H groups in total. The largest absolute Gasteiger partial charge is 0.497 e. The Morgan fingerprint density at radius 1 is 0.857 bits per heavy atom. The monoisotopic (exact) mass is 471 g/mol. The molecule has 182 valence electrons. The van der Waals surface area contributed by atoms with Crippen LogP contribution >= 0.6 is 0 Å². The van der Waals surface area contributed by atoms with Gasteiger partial charge in [-0.1, -0.05) is 30.3 Å². The van der Waals surface area contributed by atoms with Gasteiger partial charge in [-0.05, 0) is 67.3 Å². The van der Waals surface area contributed by atoms with E-state index < -0.39 is 0 Å². The predicted octanol–water partition coefficient (Wildman–Crippen LogP) is 4.37. The maximum Gasteiger partial charge on any atom is 0.270 e. The molecule has 1 saturated carbocycles. The van der Waals surface area contributed by atoms with Crippen molar-refractivity contribution in [3.05, 3.63) is 65.9 Å². The molecule has 0 unspecified atom stereocenters. The summed E-state index contributed by atoms with van der Waals surface area (Å²) < 4.78 is 7.29. The third-order valence-electron chi connectivity index (χ3n) is 8.81. The normalized spacial score (nSPS) is 20.4. The van der Waals surface area contributed by atoms with Crippen LogP contribution in [0.25, 0.3) is 10.9 Å². The maximum atomic E-state index is 13.6. The lowest BCUT2D eigenvalue weighted by molar-refractivity contribution is -0.133. The lowest BCUT2D eigenvalue weighted by Crippen LogP contribution is -2.46. The minimum Gasteiger partial charge on any atom is -0.497 e. The number of amides is 2. The molecule has 3 heterocycles. The maximum absolute atomic E-state index is 13.6. The van der Waals surface area contributed by atoms with Gasteiger partial charge in [0, 0.05) is 44.1 Å². The minimum absolute atomic E-state index is 0.112. The quantitative estimate of drug-likeness (QED) is 0.568. The molecule has 3 aromatic rings.